The number of nitrogens with zero attached hydrogens (tertiary/aromatic N) is 2. The van der Waals surface area contributed by atoms with Crippen LogP contribution in [0.4, 0.5) is 0 Å². The number of hydrogen-bond donors (Lipinski definition) is 1. The van der Waals surface area contributed by atoms with Gasteiger partial charge in [0, 0.05) is 6.20 Å². The molecule has 0 aromatic carbocycles. The fourth-order valence-corrected chi connectivity index (χ4v) is 2.36. The van der Waals surface area contributed by atoms with E-state index < -0.39 is 11.4 Å². The van der Waals surface area contributed by atoms with Crippen LogP contribution < -0.4 is 0 Å². The summed E-state index contributed by atoms with van der Waals surface area (Å²) in [6.07, 6.45) is 3.70. The number of aliphatic carboxylic acids is 1. The van der Waals surface area contributed by atoms with Gasteiger partial charge in [-0.1, -0.05) is 6.42 Å². The lowest BCUT2D eigenvalue weighted by Crippen LogP contribution is -2.43. The summed E-state index contributed by atoms with van der Waals surface area (Å²) in [5.41, 5.74) is -0.275. The zero-order chi connectivity index (χ0) is 13.5. The molecule has 2 heterocycles. The Balaban J connectivity index is 2.03. The highest BCUT2D eigenvalue weighted by Crippen LogP contribution is 2.42. The first-order valence-electron chi connectivity index (χ1n) is 6.25. The molecule has 98 valence electrons. The van der Waals surface area contributed by atoms with Crippen molar-refractivity contribution < 1.29 is 14.3 Å². The van der Waals surface area contributed by atoms with Gasteiger partial charge in [0.25, 0.3) is 0 Å². The summed E-state index contributed by atoms with van der Waals surface area (Å²) in [6.45, 7) is 1.86. The fourth-order valence-electron chi connectivity index (χ4n) is 2.36. The van der Waals surface area contributed by atoms with E-state index >= 15 is 0 Å². The summed E-state index contributed by atoms with van der Waals surface area (Å²) < 4.78 is 5.51. The summed E-state index contributed by atoms with van der Waals surface area (Å²) in [4.78, 5) is 20.0. The quantitative estimate of drug-likeness (QED) is 0.915. The standard InChI is InChI=1S/C14H14N2O3/c1-9-3-4-11(19-9)10-5-8-15-12(16-10)14(13(17)18)6-2-7-14/h3-5,8H,2,6-7H2,1H3,(H,17,18). The molecule has 1 fully saturated rings. The maximum Gasteiger partial charge on any atom is 0.317 e. The van der Waals surface area contributed by atoms with Gasteiger partial charge in [0.2, 0.25) is 0 Å². The van der Waals surface area contributed by atoms with Gasteiger partial charge in [0.05, 0.1) is 0 Å². The van der Waals surface area contributed by atoms with Crippen LogP contribution in [0.5, 0.6) is 0 Å². The maximum atomic E-state index is 11.5. The molecule has 0 saturated heterocycles. The summed E-state index contributed by atoms with van der Waals surface area (Å²) in [5, 5.41) is 9.40. The Morgan fingerprint density at radius 1 is 1.37 bits per heavy atom. The summed E-state index contributed by atoms with van der Waals surface area (Å²) in [5.74, 6) is 0.983. The number of rotatable bonds is 3. The van der Waals surface area contributed by atoms with Gasteiger partial charge >= 0.3 is 5.97 Å². The van der Waals surface area contributed by atoms with Gasteiger partial charge in [0.15, 0.2) is 5.76 Å². The predicted octanol–water partition coefficient (Wildman–Crippen LogP) is 2.55. The SMILES string of the molecule is Cc1ccc(-c2ccnc(C3(C(=O)O)CCC3)n2)o1. The van der Waals surface area contributed by atoms with E-state index in [1.165, 1.54) is 0 Å². The third kappa shape index (κ3) is 1.82. The number of hydrogen-bond acceptors (Lipinski definition) is 4. The van der Waals surface area contributed by atoms with Gasteiger partial charge in [-0.25, -0.2) is 9.97 Å². The maximum absolute atomic E-state index is 11.5. The Morgan fingerprint density at radius 3 is 2.68 bits per heavy atom. The predicted molar refractivity (Wildman–Crippen MR) is 67.6 cm³/mol. The van der Waals surface area contributed by atoms with Crippen LogP contribution in [0.25, 0.3) is 11.5 Å². The molecule has 5 nitrogen and oxygen atoms in total. The minimum atomic E-state index is -0.905. The highest BCUT2D eigenvalue weighted by molar-refractivity contribution is 5.81. The average Bonchev–Trinajstić information content (AvgIpc) is 2.74. The molecule has 1 saturated carbocycles. The van der Waals surface area contributed by atoms with Crippen molar-refractivity contribution in [2.24, 2.45) is 0 Å². The summed E-state index contributed by atoms with van der Waals surface area (Å²) in [6, 6.07) is 5.42. The van der Waals surface area contributed by atoms with E-state index in [-0.39, 0.29) is 0 Å². The first kappa shape index (κ1) is 11.9. The van der Waals surface area contributed by atoms with Crippen LogP contribution in [0.1, 0.15) is 30.8 Å². The molecule has 3 rings (SSSR count). The van der Waals surface area contributed by atoms with E-state index in [2.05, 4.69) is 9.97 Å². The van der Waals surface area contributed by atoms with Gasteiger partial charge in [-0.05, 0) is 38.0 Å². The molecule has 2 aromatic heterocycles. The average molecular weight is 258 g/mol. The van der Waals surface area contributed by atoms with Crippen molar-refractivity contribution in [3.63, 3.8) is 0 Å². The minimum absolute atomic E-state index is 0.387. The van der Waals surface area contributed by atoms with Crippen LogP contribution in [0, 0.1) is 6.92 Å². The second-order valence-electron chi connectivity index (χ2n) is 4.92. The minimum Gasteiger partial charge on any atom is -0.480 e. The molecule has 1 aliphatic rings. The first-order valence-corrected chi connectivity index (χ1v) is 6.25. The number of carbonyl (C=O) groups is 1. The molecule has 1 aliphatic carbocycles. The Bertz CT molecular complexity index is 629. The lowest BCUT2D eigenvalue weighted by Gasteiger charge is -2.35. The Labute approximate surface area is 110 Å². The monoisotopic (exact) mass is 258 g/mol. The number of carboxylic acid groups (broad SMARTS) is 1. The highest BCUT2D eigenvalue weighted by Gasteiger charge is 2.48. The number of carboxylic acids is 1. The lowest BCUT2D eigenvalue weighted by atomic mass is 9.68. The number of furan rings is 1. The van der Waals surface area contributed by atoms with Crippen molar-refractivity contribution in [3.8, 4) is 11.5 Å². The smallest absolute Gasteiger partial charge is 0.317 e. The van der Waals surface area contributed by atoms with Crippen LogP contribution in [-0.4, -0.2) is 21.0 Å². The third-order valence-corrected chi connectivity index (χ3v) is 3.69. The molecule has 0 spiro atoms. The van der Waals surface area contributed by atoms with Crippen LogP contribution >= 0.6 is 0 Å². The van der Waals surface area contributed by atoms with Crippen LogP contribution in [0.2, 0.25) is 0 Å². The van der Waals surface area contributed by atoms with E-state index in [1.807, 2.05) is 19.1 Å². The molecule has 1 N–H and O–H groups in total. The zero-order valence-corrected chi connectivity index (χ0v) is 10.6. The van der Waals surface area contributed by atoms with E-state index in [4.69, 9.17) is 4.42 Å². The molecule has 19 heavy (non-hydrogen) atoms. The van der Waals surface area contributed by atoms with Crippen molar-refractivity contribution in [2.45, 2.75) is 31.6 Å². The van der Waals surface area contributed by atoms with Crippen molar-refractivity contribution in [2.75, 3.05) is 0 Å². The molecule has 0 unspecified atom stereocenters. The Morgan fingerprint density at radius 2 is 2.16 bits per heavy atom. The Kier molecular flexibility index (Phi) is 2.62. The van der Waals surface area contributed by atoms with Crippen molar-refractivity contribution in [1.29, 1.82) is 0 Å². The van der Waals surface area contributed by atoms with E-state index in [0.717, 1.165) is 12.2 Å². The van der Waals surface area contributed by atoms with Crippen LogP contribution in [0.15, 0.2) is 28.8 Å². The largest absolute Gasteiger partial charge is 0.480 e. The summed E-state index contributed by atoms with van der Waals surface area (Å²) in [7, 11) is 0. The molecule has 5 heteroatoms. The molecule has 0 atom stereocenters. The van der Waals surface area contributed by atoms with Crippen molar-refractivity contribution >= 4 is 5.97 Å². The van der Waals surface area contributed by atoms with Gasteiger partial charge in [0.1, 0.15) is 22.7 Å². The molecule has 2 aromatic rings. The van der Waals surface area contributed by atoms with Gasteiger partial charge < -0.3 is 9.52 Å². The second kappa shape index (κ2) is 4.19. The molecular weight excluding hydrogens is 244 g/mol. The van der Waals surface area contributed by atoms with E-state index in [1.54, 1.807) is 12.3 Å². The lowest BCUT2D eigenvalue weighted by molar-refractivity contribution is -0.147. The number of aromatic nitrogens is 2. The second-order valence-corrected chi connectivity index (χ2v) is 4.92. The number of aryl methyl sites for hydroxylation is 1. The van der Waals surface area contributed by atoms with Crippen LogP contribution in [-0.2, 0) is 10.2 Å². The molecular formula is C14H14N2O3. The van der Waals surface area contributed by atoms with Gasteiger partial charge in [-0.15, -0.1) is 0 Å². The fraction of sp³-hybridized carbons (Fsp3) is 0.357. The first-order chi connectivity index (χ1) is 9.12. The van der Waals surface area contributed by atoms with Gasteiger partial charge in [-0.2, -0.15) is 0 Å². The molecule has 0 radical (unpaired) electrons. The topological polar surface area (TPSA) is 76.2 Å². The molecule has 0 amide bonds. The zero-order valence-electron chi connectivity index (χ0n) is 10.6. The van der Waals surface area contributed by atoms with Crippen molar-refractivity contribution in [3.05, 3.63) is 36.0 Å². The molecule has 0 bridgehead atoms. The normalized spacial score (nSPS) is 16.9. The van der Waals surface area contributed by atoms with Crippen LogP contribution in [0.3, 0.4) is 0 Å². The van der Waals surface area contributed by atoms with E-state index in [9.17, 15) is 9.90 Å². The Hall–Kier alpha value is -2.17. The third-order valence-electron chi connectivity index (χ3n) is 3.69. The highest BCUT2D eigenvalue weighted by atomic mass is 16.4. The summed E-state index contributed by atoms with van der Waals surface area (Å²) >= 11 is 0. The van der Waals surface area contributed by atoms with Gasteiger partial charge in [-0.3, -0.25) is 4.79 Å². The molecule has 0 aliphatic heterocycles. The van der Waals surface area contributed by atoms with Crippen molar-refractivity contribution in [1.82, 2.24) is 9.97 Å². The van der Waals surface area contributed by atoms with E-state index in [0.29, 0.717) is 30.1 Å².